The lowest BCUT2D eigenvalue weighted by Gasteiger charge is -2.40. The molecule has 0 aromatic heterocycles. The van der Waals surface area contributed by atoms with E-state index in [9.17, 15) is 0 Å². The number of allylic oxidation sites excluding steroid dienone is 31. The second-order valence-electron chi connectivity index (χ2n) is 16.2. The lowest BCUT2D eigenvalue weighted by atomic mass is 9.85. The zero-order valence-electron chi connectivity index (χ0n) is 38.9. The summed E-state index contributed by atoms with van der Waals surface area (Å²) in [4.78, 5) is 4.94. The van der Waals surface area contributed by atoms with Gasteiger partial charge in [-0.2, -0.15) is 0 Å². The van der Waals surface area contributed by atoms with Crippen LogP contribution in [0.4, 0.5) is 0 Å². The molecule has 63 heavy (non-hydrogen) atoms. The van der Waals surface area contributed by atoms with Crippen LogP contribution in [0.15, 0.2) is 266 Å². The standard InChI is InChI=1S/C61H74N2/c1-11-24-50(15-5)30-22-32-57(18-8)63(61-46-40-56(41-47-61)53(17-7)26-13-3)60-42-36-54(37-43-60)48(9)34-35-49(10)62(59-44-38-55(39-45-59)52(16-6)25-12-2)58(27-14-4)33-23-31-51-28-20-19-21-29-51/h11-13,15-18,20,22-30,33-36,40-42,44,46,55,57,61H,1,3,5,7-10,14,19,21,31-32,37-39,43,45,47H2,2,4,6H3/b25-12-,30-22+,33-23-,35-34-,50-24+,52-16+,53-26+,58-27+. The van der Waals surface area contributed by atoms with Crippen LogP contribution in [0.2, 0.25) is 0 Å². The van der Waals surface area contributed by atoms with Crippen LogP contribution in [0.5, 0.6) is 0 Å². The van der Waals surface area contributed by atoms with Gasteiger partial charge in [-0.1, -0.05) is 186 Å². The highest BCUT2D eigenvalue weighted by molar-refractivity contribution is 5.50. The van der Waals surface area contributed by atoms with Gasteiger partial charge in [0.1, 0.15) is 0 Å². The summed E-state index contributed by atoms with van der Waals surface area (Å²) < 4.78 is 0. The van der Waals surface area contributed by atoms with Gasteiger partial charge >= 0.3 is 0 Å². The third-order valence-corrected chi connectivity index (χ3v) is 12.0. The SMILES string of the molecule is C=C/C=C(C=C)/C=C/CC(C=C)N(C1=CC=C(C(=C)/C=C\C(=C)N(C2=CCC(C(/C=C\C)=C/C)CC2)C(/C=C\CC2=CCCC=C2)=C/CC)CC1)C1C=CC(/C(C=C)=C/C=C)=CC1. The van der Waals surface area contributed by atoms with Crippen LogP contribution in [0.3, 0.4) is 0 Å². The summed E-state index contributed by atoms with van der Waals surface area (Å²) in [6.07, 6.45) is 67.2. The Kier molecular flexibility index (Phi) is 21.3. The molecule has 0 fully saturated rings. The third kappa shape index (κ3) is 14.7. The Morgan fingerprint density at radius 2 is 1.63 bits per heavy atom. The van der Waals surface area contributed by atoms with E-state index in [1.807, 2.05) is 30.4 Å². The number of rotatable bonds is 24. The summed E-state index contributed by atoms with van der Waals surface area (Å²) in [5.74, 6) is 0.530. The minimum absolute atomic E-state index is 0.0918. The fourth-order valence-corrected chi connectivity index (χ4v) is 8.67. The van der Waals surface area contributed by atoms with E-state index in [4.69, 9.17) is 6.58 Å². The Morgan fingerprint density at radius 3 is 2.22 bits per heavy atom. The van der Waals surface area contributed by atoms with E-state index < -0.39 is 0 Å². The number of hydrogen-bond acceptors (Lipinski definition) is 2. The predicted octanol–water partition coefficient (Wildman–Crippen LogP) is 16.9. The van der Waals surface area contributed by atoms with Crippen molar-refractivity contribution < 1.29 is 0 Å². The molecule has 0 spiro atoms. The van der Waals surface area contributed by atoms with Gasteiger partial charge < -0.3 is 9.80 Å². The molecule has 0 aromatic carbocycles. The predicted molar refractivity (Wildman–Crippen MR) is 279 cm³/mol. The maximum Gasteiger partial charge on any atom is 0.0514 e. The van der Waals surface area contributed by atoms with Crippen molar-refractivity contribution in [1.29, 1.82) is 0 Å². The molecule has 0 N–H and O–H groups in total. The molecule has 2 heteroatoms. The normalized spacial score (nSPS) is 20.5. The topological polar surface area (TPSA) is 6.48 Å². The molecule has 0 amide bonds. The molecular formula is C61H74N2. The van der Waals surface area contributed by atoms with Crippen molar-refractivity contribution in [3.05, 3.63) is 266 Å². The molecule has 4 rings (SSSR count). The number of nitrogens with zero attached hydrogens (tertiary/aromatic N) is 2. The van der Waals surface area contributed by atoms with E-state index in [2.05, 4.69) is 192 Å². The van der Waals surface area contributed by atoms with Gasteiger partial charge in [0.05, 0.1) is 12.1 Å². The van der Waals surface area contributed by atoms with Crippen LogP contribution in [0.1, 0.15) is 91.4 Å². The average molecular weight is 835 g/mol. The van der Waals surface area contributed by atoms with E-state index in [1.54, 1.807) is 6.08 Å². The van der Waals surface area contributed by atoms with Crippen LogP contribution in [-0.4, -0.2) is 21.9 Å². The fourth-order valence-electron chi connectivity index (χ4n) is 8.67. The molecular weight excluding hydrogens is 761 g/mol. The second-order valence-corrected chi connectivity index (χ2v) is 16.2. The highest BCUT2D eigenvalue weighted by atomic mass is 15.2. The molecule has 0 aliphatic heterocycles. The van der Waals surface area contributed by atoms with Crippen molar-refractivity contribution in [3.8, 4) is 0 Å². The average Bonchev–Trinajstić information content (AvgIpc) is 3.32. The van der Waals surface area contributed by atoms with Crippen molar-refractivity contribution in [2.45, 2.75) is 103 Å². The van der Waals surface area contributed by atoms with Gasteiger partial charge in [-0.25, -0.2) is 0 Å². The Bertz CT molecular complexity index is 2170. The van der Waals surface area contributed by atoms with Gasteiger partial charge in [0.15, 0.2) is 0 Å². The highest BCUT2D eigenvalue weighted by Crippen LogP contribution is 2.37. The molecule has 4 aliphatic rings. The van der Waals surface area contributed by atoms with Crippen molar-refractivity contribution >= 4 is 0 Å². The first-order chi connectivity index (χ1) is 30.7. The van der Waals surface area contributed by atoms with Crippen molar-refractivity contribution in [3.63, 3.8) is 0 Å². The molecule has 0 radical (unpaired) electrons. The summed E-state index contributed by atoms with van der Waals surface area (Å²) in [5, 5.41) is 0. The first kappa shape index (κ1) is 49.5. The molecule has 0 saturated carbocycles. The van der Waals surface area contributed by atoms with E-state index >= 15 is 0 Å². The van der Waals surface area contributed by atoms with E-state index in [0.717, 1.165) is 93.0 Å². The summed E-state index contributed by atoms with van der Waals surface area (Å²) in [5.41, 5.74) is 13.1. The van der Waals surface area contributed by atoms with Gasteiger partial charge in [-0.3, -0.25) is 0 Å². The minimum Gasteiger partial charge on any atom is -0.361 e. The zero-order valence-corrected chi connectivity index (χ0v) is 38.9. The van der Waals surface area contributed by atoms with Crippen LogP contribution in [0.25, 0.3) is 0 Å². The molecule has 0 aromatic rings. The quantitative estimate of drug-likeness (QED) is 0.0706. The second kappa shape index (κ2) is 27.0. The molecule has 4 aliphatic carbocycles. The maximum absolute atomic E-state index is 4.69. The van der Waals surface area contributed by atoms with Crippen LogP contribution >= 0.6 is 0 Å². The zero-order chi connectivity index (χ0) is 45.4. The lowest BCUT2D eigenvalue weighted by Crippen LogP contribution is -2.41. The summed E-state index contributed by atoms with van der Waals surface area (Å²) >= 11 is 0. The first-order valence-electron chi connectivity index (χ1n) is 23.1. The Balaban J connectivity index is 1.62. The minimum atomic E-state index is 0.0918. The smallest absolute Gasteiger partial charge is 0.0514 e. The number of hydrogen-bond donors (Lipinski definition) is 0. The molecule has 0 bridgehead atoms. The third-order valence-electron chi connectivity index (χ3n) is 12.0. The summed E-state index contributed by atoms with van der Waals surface area (Å²) in [7, 11) is 0. The van der Waals surface area contributed by atoms with E-state index in [-0.39, 0.29) is 12.1 Å². The van der Waals surface area contributed by atoms with Crippen molar-refractivity contribution in [2.75, 3.05) is 0 Å². The van der Waals surface area contributed by atoms with Crippen molar-refractivity contribution in [1.82, 2.24) is 9.80 Å². The monoisotopic (exact) mass is 835 g/mol. The largest absolute Gasteiger partial charge is 0.361 e. The van der Waals surface area contributed by atoms with Gasteiger partial charge in [0.2, 0.25) is 0 Å². The Morgan fingerprint density at radius 1 is 0.810 bits per heavy atom. The van der Waals surface area contributed by atoms with Gasteiger partial charge in [0.25, 0.3) is 0 Å². The van der Waals surface area contributed by atoms with E-state index in [1.165, 1.54) is 39.4 Å². The van der Waals surface area contributed by atoms with Gasteiger partial charge in [-0.15, -0.1) is 6.58 Å². The fraction of sp³-hybridized carbons (Fsp3) is 0.279. The van der Waals surface area contributed by atoms with Crippen molar-refractivity contribution in [2.24, 2.45) is 5.92 Å². The molecule has 0 heterocycles. The molecule has 2 nitrogen and oxygen atoms in total. The molecule has 328 valence electrons. The Hall–Kier alpha value is -6.12. The van der Waals surface area contributed by atoms with Gasteiger partial charge in [-0.05, 0) is 148 Å². The Labute approximate surface area is 383 Å². The molecule has 0 saturated heterocycles. The van der Waals surface area contributed by atoms with Crippen LogP contribution in [0, 0.1) is 5.92 Å². The van der Waals surface area contributed by atoms with Gasteiger partial charge in [0, 0.05) is 22.8 Å². The molecule has 3 atom stereocenters. The molecule has 3 unspecified atom stereocenters. The first-order valence-corrected chi connectivity index (χ1v) is 23.1. The summed E-state index contributed by atoms with van der Waals surface area (Å²) in [6.45, 7) is 35.8. The van der Waals surface area contributed by atoms with Crippen LogP contribution < -0.4 is 0 Å². The summed E-state index contributed by atoms with van der Waals surface area (Å²) in [6, 6.07) is 0.266. The van der Waals surface area contributed by atoms with Crippen LogP contribution in [-0.2, 0) is 0 Å². The van der Waals surface area contributed by atoms with E-state index in [0.29, 0.717) is 5.92 Å². The highest BCUT2D eigenvalue weighted by Gasteiger charge is 2.27. The maximum atomic E-state index is 4.69. The lowest BCUT2D eigenvalue weighted by molar-refractivity contribution is 0.237.